The van der Waals surface area contributed by atoms with Crippen molar-refractivity contribution in [2.45, 2.75) is 84.2 Å². The molecule has 1 N–H and O–H groups in total. The molecular weight excluding hydrogens is 304 g/mol. The van der Waals surface area contributed by atoms with Gasteiger partial charge in [-0.2, -0.15) is 0 Å². The van der Waals surface area contributed by atoms with Crippen molar-refractivity contribution in [2.75, 3.05) is 0 Å². The van der Waals surface area contributed by atoms with Gasteiger partial charge in [0.05, 0.1) is 0 Å². The molecule has 0 atom stereocenters. The predicted octanol–water partition coefficient (Wildman–Crippen LogP) is 5.04. The summed E-state index contributed by atoms with van der Waals surface area (Å²) >= 11 is 0. The maximum absolute atomic E-state index is 12.0. The van der Waals surface area contributed by atoms with Crippen molar-refractivity contribution in [3.8, 4) is 0 Å². The fraction of sp³-hybridized carbons (Fsp3) is 0.700. The van der Waals surface area contributed by atoms with Gasteiger partial charge in [0.1, 0.15) is 6.10 Å². The van der Waals surface area contributed by atoms with E-state index in [1.54, 1.807) is 0 Å². The molecule has 2 saturated carbocycles. The van der Waals surface area contributed by atoms with E-state index in [2.05, 4.69) is 12.7 Å². The first kappa shape index (κ1) is 20.5. The van der Waals surface area contributed by atoms with E-state index in [0.717, 1.165) is 18.4 Å². The zero-order valence-corrected chi connectivity index (χ0v) is 15.2. The van der Waals surface area contributed by atoms with E-state index in [-0.39, 0.29) is 17.6 Å². The van der Waals surface area contributed by atoms with E-state index in [0.29, 0.717) is 5.92 Å². The fourth-order valence-electron chi connectivity index (χ4n) is 3.15. The van der Waals surface area contributed by atoms with Gasteiger partial charge in [-0.15, -0.1) is 0 Å². The SMILES string of the molecule is C=C(C)C(=O)O.CC(=CC1CCCCC1)C(=O)OC1CCCCC1. The van der Waals surface area contributed by atoms with Crippen molar-refractivity contribution >= 4 is 11.9 Å². The summed E-state index contributed by atoms with van der Waals surface area (Å²) in [7, 11) is 0. The maximum atomic E-state index is 12.0. The zero-order chi connectivity index (χ0) is 17.9. The summed E-state index contributed by atoms with van der Waals surface area (Å²) in [6, 6.07) is 0. The molecule has 0 spiro atoms. The number of ether oxygens (including phenoxy) is 1. The minimum absolute atomic E-state index is 0.0764. The van der Waals surface area contributed by atoms with Crippen LogP contribution in [0.25, 0.3) is 0 Å². The van der Waals surface area contributed by atoms with E-state index in [1.807, 2.05) is 6.92 Å². The quantitative estimate of drug-likeness (QED) is 0.577. The number of carboxylic acids is 1. The van der Waals surface area contributed by atoms with Gasteiger partial charge in [-0.25, -0.2) is 9.59 Å². The molecule has 2 rings (SSSR count). The Morgan fingerprint density at radius 2 is 1.42 bits per heavy atom. The first-order chi connectivity index (χ1) is 11.4. The smallest absolute Gasteiger partial charge is 0.333 e. The number of carbonyl (C=O) groups excluding carboxylic acids is 1. The highest BCUT2D eigenvalue weighted by Gasteiger charge is 2.19. The molecule has 2 aliphatic rings. The van der Waals surface area contributed by atoms with Gasteiger partial charge < -0.3 is 9.84 Å². The van der Waals surface area contributed by atoms with E-state index in [1.165, 1.54) is 58.3 Å². The minimum atomic E-state index is -0.935. The topological polar surface area (TPSA) is 63.6 Å². The molecule has 4 nitrogen and oxygen atoms in total. The van der Waals surface area contributed by atoms with Crippen molar-refractivity contribution in [1.82, 2.24) is 0 Å². The number of carbonyl (C=O) groups is 2. The van der Waals surface area contributed by atoms with Gasteiger partial charge in [0.25, 0.3) is 0 Å². The standard InChI is InChI=1S/C16H26O2.C4H6O2/c1-13(12-14-8-4-2-5-9-14)16(17)18-15-10-6-3-7-11-15;1-3(2)4(5)6/h12,14-15H,2-11H2,1H3;1H2,2H3,(H,5,6). The monoisotopic (exact) mass is 336 g/mol. The van der Waals surface area contributed by atoms with Crippen molar-refractivity contribution in [1.29, 1.82) is 0 Å². The number of carboxylic acid groups (broad SMARTS) is 1. The lowest BCUT2D eigenvalue weighted by atomic mass is 9.88. The Labute approximate surface area is 146 Å². The van der Waals surface area contributed by atoms with Gasteiger partial charge in [-0.3, -0.25) is 0 Å². The summed E-state index contributed by atoms with van der Waals surface area (Å²) in [5.74, 6) is -0.403. The summed E-state index contributed by atoms with van der Waals surface area (Å²) in [6.45, 7) is 6.52. The highest BCUT2D eigenvalue weighted by atomic mass is 16.5. The van der Waals surface area contributed by atoms with Crippen molar-refractivity contribution in [3.05, 3.63) is 23.8 Å². The third kappa shape index (κ3) is 8.32. The lowest BCUT2D eigenvalue weighted by Crippen LogP contribution is -2.21. The Hall–Kier alpha value is -1.58. The largest absolute Gasteiger partial charge is 0.478 e. The molecular formula is C20H32O4. The highest BCUT2D eigenvalue weighted by molar-refractivity contribution is 5.87. The van der Waals surface area contributed by atoms with Crippen LogP contribution in [0.4, 0.5) is 0 Å². The molecule has 0 radical (unpaired) electrons. The molecule has 0 aromatic carbocycles. The lowest BCUT2D eigenvalue weighted by molar-refractivity contribution is -0.145. The first-order valence-electron chi connectivity index (χ1n) is 9.18. The number of hydrogen-bond acceptors (Lipinski definition) is 3. The second-order valence-corrected chi connectivity index (χ2v) is 7.00. The molecule has 0 heterocycles. The van der Waals surface area contributed by atoms with E-state index < -0.39 is 5.97 Å². The molecule has 0 bridgehead atoms. The molecule has 2 fully saturated rings. The Morgan fingerprint density at radius 3 is 1.88 bits per heavy atom. The second kappa shape index (κ2) is 11.1. The van der Waals surface area contributed by atoms with Gasteiger partial charge in [-0.05, 0) is 58.3 Å². The summed E-state index contributed by atoms with van der Waals surface area (Å²) in [4.78, 5) is 21.6. The van der Waals surface area contributed by atoms with Crippen LogP contribution in [0.15, 0.2) is 23.8 Å². The molecule has 2 aliphatic carbocycles. The number of hydrogen-bond donors (Lipinski definition) is 1. The Morgan fingerprint density at radius 1 is 0.958 bits per heavy atom. The molecule has 0 aromatic rings. The molecule has 0 aromatic heterocycles. The van der Waals surface area contributed by atoms with Crippen molar-refractivity contribution < 1.29 is 19.4 Å². The van der Waals surface area contributed by atoms with E-state index >= 15 is 0 Å². The van der Waals surface area contributed by atoms with Gasteiger partial charge in [0, 0.05) is 11.1 Å². The van der Waals surface area contributed by atoms with Crippen LogP contribution in [0.2, 0.25) is 0 Å². The minimum Gasteiger partial charge on any atom is -0.478 e. The maximum Gasteiger partial charge on any atom is 0.333 e. The van der Waals surface area contributed by atoms with Gasteiger partial charge in [0.15, 0.2) is 0 Å². The predicted molar refractivity (Wildman–Crippen MR) is 95.7 cm³/mol. The Balaban J connectivity index is 0.000000413. The van der Waals surface area contributed by atoms with Crippen LogP contribution in [0.1, 0.15) is 78.1 Å². The second-order valence-electron chi connectivity index (χ2n) is 7.00. The van der Waals surface area contributed by atoms with Crippen LogP contribution in [-0.4, -0.2) is 23.1 Å². The molecule has 0 saturated heterocycles. The molecule has 136 valence electrons. The van der Waals surface area contributed by atoms with Crippen LogP contribution in [0.3, 0.4) is 0 Å². The Kier molecular flexibility index (Phi) is 9.43. The summed E-state index contributed by atoms with van der Waals surface area (Å²) in [5, 5.41) is 7.89. The molecule has 0 unspecified atom stereocenters. The normalized spacial score (nSPS) is 19.8. The van der Waals surface area contributed by atoms with Gasteiger partial charge in [0.2, 0.25) is 0 Å². The molecule has 24 heavy (non-hydrogen) atoms. The van der Waals surface area contributed by atoms with Crippen LogP contribution in [-0.2, 0) is 14.3 Å². The number of esters is 1. The van der Waals surface area contributed by atoms with E-state index in [4.69, 9.17) is 9.84 Å². The third-order valence-corrected chi connectivity index (χ3v) is 4.65. The van der Waals surface area contributed by atoms with E-state index in [9.17, 15) is 9.59 Å². The number of aliphatic carboxylic acids is 1. The van der Waals surface area contributed by atoms with Gasteiger partial charge in [-0.1, -0.05) is 38.3 Å². The summed E-state index contributed by atoms with van der Waals surface area (Å²) in [6.07, 6.45) is 14.6. The molecule has 0 amide bonds. The Bertz CT molecular complexity index is 440. The summed E-state index contributed by atoms with van der Waals surface area (Å²) in [5.41, 5.74) is 1.00. The van der Waals surface area contributed by atoms with Crippen molar-refractivity contribution in [3.63, 3.8) is 0 Å². The average molecular weight is 336 g/mol. The number of rotatable bonds is 4. The van der Waals surface area contributed by atoms with Crippen LogP contribution < -0.4 is 0 Å². The third-order valence-electron chi connectivity index (χ3n) is 4.65. The van der Waals surface area contributed by atoms with Gasteiger partial charge >= 0.3 is 11.9 Å². The summed E-state index contributed by atoms with van der Waals surface area (Å²) < 4.78 is 5.59. The lowest BCUT2D eigenvalue weighted by Gasteiger charge is -2.23. The van der Waals surface area contributed by atoms with Crippen molar-refractivity contribution in [2.24, 2.45) is 5.92 Å². The number of allylic oxidation sites excluding steroid dienone is 1. The average Bonchev–Trinajstić information content (AvgIpc) is 2.57. The highest BCUT2D eigenvalue weighted by Crippen LogP contribution is 2.26. The molecule has 4 heteroatoms. The fourth-order valence-corrected chi connectivity index (χ4v) is 3.15. The van der Waals surface area contributed by atoms with Crippen LogP contribution in [0.5, 0.6) is 0 Å². The first-order valence-corrected chi connectivity index (χ1v) is 9.18. The van der Waals surface area contributed by atoms with Crippen LogP contribution in [0, 0.1) is 5.92 Å². The molecule has 0 aliphatic heterocycles. The zero-order valence-electron chi connectivity index (χ0n) is 15.2. The van der Waals surface area contributed by atoms with Crippen LogP contribution >= 0.6 is 0 Å².